The van der Waals surface area contributed by atoms with E-state index in [1.165, 1.54) is 6.33 Å². The summed E-state index contributed by atoms with van der Waals surface area (Å²) in [4.78, 5) is 37.9. The Morgan fingerprint density at radius 1 is 1.15 bits per heavy atom. The Hall–Kier alpha value is -3.14. The van der Waals surface area contributed by atoms with Gasteiger partial charge in [-0.1, -0.05) is 0 Å². The number of hydrogen-bond acceptors (Lipinski definition) is 8. The highest BCUT2D eigenvalue weighted by molar-refractivity contribution is 5.91. The Morgan fingerprint density at radius 2 is 1.85 bits per heavy atom. The zero-order chi connectivity index (χ0) is 23.1. The molecule has 2 fully saturated rings. The molecule has 1 amide bonds. The molecule has 1 unspecified atom stereocenters. The quantitative estimate of drug-likeness (QED) is 0.610. The predicted molar refractivity (Wildman–Crippen MR) is 123 cm³/mol. The third-order valence-electron chi connectivity index (χ3n) is 6.27. The molecular weight excluding hydrogens is 420 g/mol. The number of carbonyl (C=O) groups excluding carboxylic acids is 1. The van der Waals surface area contributed by atoms with Crippen LogP contribution < -0.4 is 5.32 Å². The first-order valence-electron chi connectivity index (χ1n) is 11.7. The summed E-state index contributed by atoms with van der Waals surface area (Å²) in [6.45, 7) is 9.82. The van der Waals surface area contributed by atoms with E-state index in [1.807, 2.05) is 37.2 Å². The van der Waals surface area contributed by atoms with Crippen molar-refractivity contribution in [1.82, 2.24) is 34.4 Å². The molecule has 0 spiro atoms. The van der Waals surface area contributed by atoms with E-state index in [1.54, 1.807) is 12.4 Å². The molecule has 1 aliphatic heterocycles. The Labute approximate surface area is 192 Å². The summed E-state index contributed by atoms with van der Waals surface area (Å²) in [6.07, 6.45) is 7.19. The molecule has 3 atom stereocenters. The fourth-order valence-corrected chi connectivity index (χ4v) is 4.58. The van der Waals surface area contributed by atoms with Gasteiger partial charge in [-0.25, -0.2) is 24.9 Å². The molecule has 33 heavy (non-hydrogen) atoms. The number of aryl methyl sites for hydroxylation is 2. The van der Waals surface area contributed by atoms with Crippen LogP contribution >= 0.6 is 0 Å². The monoisotopic (exact) mass is 450 g/mol. The fraction of sp³-hybridized carbons (Fsp3) is 0.565. The molecule has 4 heterocycles. The minimum Gasteiger partial charge on any atom is -0.372 e. The van der Waals surface area contributed by atoms with Gasteiger partial charge in [-0.2, -0.15) is 0 Å². The highest BCUT2D eigenvalue weighted by atomic mass is 16.5. The predicted octanol–water partition coefficient (Wildman–Crippen LogP) is 2.44. The number of aromatic nitrogens is 6. The van der Waals surface area contributed by atoms with Crippen LogP contribution in [0.3, 0.4) is 0 Å². The molecule has 10 nitrogen and oxygen atoms in total. The zero-order valence-corrected chi connectivity index (χ0v) is 19.5. The average molecular weight is 451 g/mol. The Bertz CT molecular complexity index is 1150. The molecule has 174 valence electrons. The molecular formula is C23H30N8O2. The number of ether oxygens (including phenoxy) is 1. The van der Waals surface area contributed by atoms with Gasteiger partial charge in [0, 0.05) is 32.0 Å². The second kappa shape index (κ2) is 8.66. The largest absolute Gasteiger partial charge is 0.372 e. The number of amides is 1. The smallest absolute Gasteiger partial charge is 0.245 e. The normalized spacial score (nSPS) is 21.9. The minimum atomic E-state index is -0.335. The summed E-state index contributed by atoms with van der Waals surface area (Å²) in [6, 6.07) is -0.335. The number of anilines is 1. The first kappa shape index (κ1) is 21.7. The van der Waals surface area contributed by atoms with Gasteiger partial charge in [0.05, 0.1) is 17.8 Å². The van der Waals surface area contributed by atoms with Crippen LogP contribution in [-0.2, 0) is 16.1 Å². The third-order valence-corrected chi connectivity index (χ3v) is 6.27. The van der Waals surface area contributed by atoms with E-state index in [0.29, 0.717) is 42.7 Å². The van der Waals surface area contributed by atoms with Crippen molar-refractivity contribution in [1.29, 1.82) is 0 Å². The molecule has 3 aromatic rings. The van der Waals surface area contributed by atoms with Gasteiger partial charge < -0.3 is 19.5 Å². The molecule has 0 aromatic carbocycles. The van der Waals surface area contributed by atoms with Gasteiger partial charge in [0.1, 0.15) is 24.0 Å². The standard InChI is InChI=1S/C23H30N8O2/c1-5-31-21(17-8-24-15(4)25-9-17)29-19-20(26-12-27-22(19)31)28-18(16-6-7-16)23(32)30-10-13(2)33-14(3)11-30/h8-9,12-14,16,18H,5-7,10-11H2,1-4H3,(H,26,27,28)/t13-,14+,18?. The van der Waals surface area contributed by atoms with Crippen molar-refractivity contribution in [3.63, 3.8) is 0 Å². The van der Waals surface area contributed by atoms with E-state index in [0.717, 1.165) is 29.9 Å². The fourth-order valence-electron chi connectivity index (χ4n) is 4.58. The Kier molecular flexibility index (Phi) is 5.69. The van der Waals surface area contributed by atoms with E-state index in [9.17, 15) is 4.79 Å². The third kappa shape index (κ3) is 4.27. The van der Waals surface area contributed by atoms with Crippen molar-refractivity contribution in [3.8, 4) is 11.4 Å². The maximum absolute atomic E-state index is 13.5. The number of rotatable bonds is 6. The Morgan fingerprint density at radius 3 is 2.48 bits per heavy atom. The van der Waals surface area contributed by atoms with Crippen LogP contribution in [-0.4, -0.2) is 71.6 Å². The molecule has 5 rings (SSSR count). The summed E-state index contributed by atoms with van der Waals surface area (Å²) in [5.74, 6) is 2.43. The molecule has 1 aliphatic carbocycles. The van der Waals surface area contributed by atoms with Crippen molar-refractivity contribution < 1.29 is 9.53 Å². The average Bonchev–Trinajstić information content (AvgIpc) is 3.56. The number of nitrogens with one attached hydrogen (secondary N) is 1. The van der Waals surface area contributed by atoms with Crippen LogP contribution in [0.15, 0.2) is 18.7 Å². The van der Waals surface area contributed by atoms with E-state index < -0.39 is 0 Å². The minimum absolute atomic E-state index is 0.0304. The number of morpholine rings is 1. The summed E-state index contributed by atoms with van der Waals surface area (Å²) in [5, 5.41) is 3.45. The maximum Gasteiger partial charge on any atom is 0.245 e. The lowest BCUT2D eigenvalue weighted by Crippen LogP contribution is -2.53. The molecule has 0 radical (unpaired) electrons. The van der Waals surface area contributed by atoms with Gasteiger partial charge in [0.2, 0.25) is 5.91 Å². The molecule has 1 N–H and O–H groups in total. The van der Waals surface area contributed by atoms with Crippen molar-refractivity contribution in [2.24, 2.45) is 5.92 Å². The number of fused-ring (bicyclic) bond motifs is 1. The number of hydrogen-bond donors (Lipinski definition) is 1. The van der Waals surface area contributed by atoms with Crippen LogP contribution in [0.2, 0.25) is 0 Å². The van der Waals surface area contributed by atoms with Crippen molar-refractivity contribution in [2.75, 3.05) is 18.4 Å². The highest BCUT2D eigenvalue weighted by Gasteiger charge is 2.40. The van der Waals surface area contributed by atoms with Gasteiger partial charge in [-0.15, -0.1) is 0 Å². The summed E-state index contributed by atoms with van der Waals surface area (Å²) < 4.78 is 7.84. The summed E-state index contributed by atoms with van der Waals surface area (Å²) >= 11 is 0. The van der Waals surface area contributed by atoms with Crippen LogP contribution in [0.5, 0.6) is 0 Å². The van der Waals surface area contributed by atoms with E-state index >= 15 is 0 Å². The van der Waals surface area contributed by atoms with Gasteiger partial charge in [0.15, 0.2) is 17.0 Å². The lowest BCUT2D eigenvalue weighted by atomic mass is 10.1. The van der Waals surface area contributed by atoms with Crippen LogP contribution in [0.1, 0.15) is 39.4 Å². The van der Waals surface area contributed by atoms with Crippen LogP contribution in [0, 0.1) is 12.8 Å². The van der Waals surface area contributed by atoms with Gasteiger partial charge in [-0.05, 0) is 46.5 Å². The van der Waals surface area contributed by atoms with Crippen molar-refractivity contribution in [2.45, 2.75) is 65.3 Å². The van der Waals surface area contributed by atoms with Gasteiger partial charge >= 0.3 is 0 Å². The first-order chi connectivity index (χ1) is 15.9. The molecule has 2 aliphatic rings. The number of carbonyl (C=O) groups is 1. The second-order valence-corrected chi connectivity index (χ2v) is 9.05. The zero-order valence-electron chi connectivity index (χ0n) is 19.5. The second-order valence-electron chi connectivity index (χ2n) is 9.05. The highest BCUT2D eigenvalue weighted by Crippen LogP contribution is 2.36. The van der Waals surface area contributed by atoms with Crippen molar-refractivity contribution >= 4 is 22.9 Å². The topological polar surface area (TPSA) is 111 Å². The molecule has 3 aromatic heterocycles. The Balaban J connectivity index is 1.48. The van der Waals surface area contributed by atoms with Gasteiger partial charge in [-0.3, -0.25) is 4.79 Å². The van der Waals surface area contributed by atoms with E-state index in [4.69, 9.17) is 9.72 Å². The molecule has 0 bridgehead atoms. The lowest BCUT2D eigenvalue weighted by Gasteiger charge is -2.37. The van der Waals surface area contributed by atoms with E-state index in [2.05, 4.69) is 25.3 Å². The first-order valence-corrected chi connectivity index (χ1v) is 11.7. The molecule has 10 heteroatoms. The molecule has 1 saturated carbocycles. The summed E-state index contributed by atoms with van der Waals surface area (Å²) in [7, 11) is 0. The summed E-state index contributed by atoms with van der Waals surface area (Å²) in [5.41, 5.74) is 2.19. The number of imidazole rings is 1. The molecule has 1 saturated heterocycles. The lowest BCUT2D eigenvalue weighted by molar-refractivity contribution is -0.144. The van der Waals surface area contributed by atoms with Crippen molar-refractivity contribution in [3.05, 3.63) is 24.5 Å². The SMILES string of the molecule is CCn1c(-c2cnc(C)nc2)nc2c(NC(C(=O)N3C[C@@H](C)O[C@@H](C)C3)C3CC3)ncnc21. The van der Waals surface area contributed by atoms with E-state index in [-0.39, 0.29) is 24.2 Å². The maximum atomic E-state index is 13.5. The van der Waals surface area contributed by atoms with Crippen LogP contribution in [0.25, 0.3) is 22.6 Å². The van der Waals surface area contributed by atoms with Gasteiger partial charge in [0.25, 0.3) is 0 Å². The van der Waals surface area contributed by atoms with Crippen LogP contribution in [0.4, 0.5) is 5.82 Å². The number of nitrogens with zero attached hydrogens (tertiary/aromatic N) is 7.